The van der Waals surface area contributed by atoms with Gasteiger partial charge in [-0.2, -0.15) is 0 Å². The van der Waals surface area contributed by atoms with Crippen LogP contribution in [0.4, 0.5) is 14.9 Å². The number of urea groups is 1. The number of hydrogen-bond donors (Lipinski definition) is 3. The van der Waals surface area contributed by atoms with Gasteiger partial charge in [0.05, 0.1) is 29.6 Å². The standard InChI is InChI=1S/C27H25ClFN5O5S/c1-39-18-10-13(28)11-19-22(18)32-25(40-19)27(8-2-3-9-27)33-26(38)30-16-5-4-14-15(21(16)29)12-34(24(14)37)17-6-7-20(35)31-23(17)36/h4-5,10-11,17H,2-3,6-9,12H2,1H3,(H2,30,33,38)(H,31,35,36). The number of nitrogens with one attached hydrogen (secondary N) is 3. The minimum Gasteiger partial charge on any atom is -0.494 e. The second-order valence-electron chi connectivity index (χ2n) is 10.2. The first-order valence-electron chi connectivity index (χ1n) is 12.9. The molecule has 3 aliphatic rings. The van der Waals surface area contributed by atoms with E-state index in [1.165, 1.54) is 28.4 Å². The first kappa shape index (κ1) is 26.5. The van der Waals surface area contributed by atoms with Crippen LogP contribution < -0.4 is 20.7 Å². The number of thiazole rings is 1. The Kier molecular flexibility index (Phi) is 6.62. The topological polar surface area (TPSA) is 130 Å². The quantitative estimate of drug-likeness (QED) is 0.379. The molecule has 0 spiro atoms. The predicted octanol–water partition coefficient (Wildman–Crippen LogP) is 4.45. The van der Waals surface area contributed by atoms with Crippen molar-refractivity contribution in [1.29, 1.82) is 0 Å². The Bertz CT molecular complexity index is 1590. The van der Waals surface area contributed by atoms with Crippen molar-refractivity contribution in [2.75, 3.05) is 12.4 Å². The zero-order chi connectivity index (χ0) is 28.2. The number of amides is 5. The predicted molar refractivity (Wildman–Crippen MR) is 146 cm³/mol. The van der Waals surface area contributed by atoms with Crippen LogP contribution in [0.15, 0.2) is 24.3 Å². The first-order valence-corrected chi connectivity index (χ1v) is 14.1. The Hall–Kier alpha value is -3.77. The fourth-order valence-electron chi connectivity index (χ4n) is 5.77. The average Bonchev–Trinajstić information content (AvgIpc) is 3.64. The van der Waals surface area contributed by atoms with E-state index in [1.807, 2.05) is 6.07 Å². The smallest absolute Gasteiger partial charge is 0.320 e. The molecule has 40 heavy (non-hydrogen) atoms. The third kappa shape index (κ3) is 4.44. The summed E-state index contributed by atoms with van der Waals surface area (Å²) < 4.78 is 21.9. The molecule has 1 aromatic heterocycles. The molecule has 6 rings (SSSR count). The Morgan fingerprint density at radius 3 is 2.75 bits per heavy atom. The molecule has 13 heteroatoms. The Balaban J connectivity index is 1.23. The highest BCUT2D eigenvalue weighted by molar-refractivity contribution is 7.18. The maximum atomic E-state index is 15.6. The zero-order valence-corrected chi connectivity index (χ0v) is 23.0. The van der Waals surface area contributed by atoms with Crippen LogP contribution in [-0.4, -0.2) is 46.8 Å². The van der Waals surface area contributed by atoms with Gasteiger partial charge in [0.15, 0.2) is 5.82 Å². The largest absolute Gasteiger partial charge is 0.494 e. The lowest BCUT2D eigenvalue weighted by atomic mass is 9.99. The number of nitrogens with zero attached hydrogens (tertiary/aromatic N) is 2. The molecule has 3 N–H and O–H groups in total. The average molecular weight is 586 g/mol. The summed E-state index contributed by atoms with van der Waals surface area (Å²) in [4.78, 5) is 56.0. The summed E-state index contributed by atoms with van der Waals surface area (Å²) in [6.07, 6.45) is 3.38. The Labute approximate surface area is 237 Å². The monoisotopic (exact) mass is 585 g/mol. The van der Waals surface area contributed by atoms with Crippen molar-refractivity contribution in [3.63, 3.8) is 0 Å². The third-order valence-corrected chi connectivity index (χ3v) is 9.19. The molecule has 1 saturated carbocycles. The van der Waals surface area contributed by atoms with Crippen LogP contribution in [0.5, 0.6) is 5.75 Å². The van der Waals surface area contributed by atoms with Gasteiger partial charge in [-0.25, -0.2) is 14.2 Å². The van der Waals surface area contributed by atoms with Crippen LogP contribution in [0.25, 0.3) is 10.2 Å². The van der Waals surface area contributed by atoms with E-state index >= 15 is 4.39 Å². The number of imide groups is 1. The number of benzene rings is 2. The van der Waals surface area contributed by atoms with Gasteiger partial charge in [-0.15, -0.1) is 11.3 Å². The van der Waals surface area contributed by atoms with E-state index in [9.17, 15) is 19.2 Å². The highest BCUT2D eigenvalue weighted by Crippen LogP contribution is 2.44. The number of fused-ring (bicyclic) bond motifs is 2. The number of anilines is 1. The summed E-state index contributed by atoms with van der Waals surface area (Å²) in [5.74, 6) is -1.66. The number of rotatable bonds is 5. The molecule has 208 valence electrons. The van der Waals surface area contributed by atoms with Gasteiger partial charge in [0, 0.05) is 28.6 Å². The van der Waals surface area contributed by atoms with Gasteiger partial charge in [-0.05, 0) is 37.5 Å². The second-order valence-corrected chi connectivity index (χ2v) is 11.7. The first-order chi connectivity index (χ1) is 19.2. The van der Waals surface area contributed by atoms with E-state index in [-0.39, 0.29) is 36.2 Å². The summed E-state index contributed by atoms with van der Waals surface area (Å²) in [7, 11) is 1.55. The molecular weight excluding hydrogens is 561 g/mol. The van der Waals surface area contributed by atoms with Crippen molar-refractivity contribution in [1.82, 2.24) is 20.5 Å². The lowest BCUT2D eigenvalue weighted by Crippen LogP contribution is -2.52. The van der Waals surface area contributed by atoms with E-state index in [0.717, 1.165) is 22.5 Å². The van der Waals surface area contributed by atoms with Crippen molar-refractivity contribution in [2.24, 2.45) is 0 Å². The van der Waals surface area contributed by atoms with Crippen LogP contribution in [0.3, 0.4) is 0 Å². The second kappa shape index (κ2) is 10.0. The van der Waals surface area contributed by atoms with Crippen LogP contribution in [0.2, 0.25) is 5.02 Å². The van der Waals surface area contributed by atoms with Crippen LogP contribution >= 0.6 is 22.9 Å². The Morgan fingerprint density at radius 2 is 2.02 bits per heavy atom. The van der Waals surface area contributed by atoms with Gasteiger partial charge in [0.1, 0.15) is 22.3 Å². The normalized spacial score (nSPS) is 20.0. The summed E-state index contributed by atoms with van der Waals surface area (Å²) in [5, 5.41) is 9.11. The van der Waals surface area contributed by atoms with E-state index in [2.05, 4.69) is 16.0 Å². The third-order valence-electron chi connectivity index (χ3n) is 7.76. The highest BCUT2D eigenvalue weighted by atomic mass is 35.5. The summed E-state index contributed by atoms with van der Waals surface area (Å²) in [6.45, 7) is -0.135. The maximum Gasteiger partial charge on any atom is 0.320 e. The van der Waals surface area contributed by atoms with Crippen molar-refractivity contribution in [2.45, 2.75) is 56.7 Å². The molecule has 2 aromatic carbocycles. The van der Waals surface area contributed by atoms with E-state index in [0.29, 0.717) is 29.1 Å². The van der Waals surface area contributed by atoms with E-state index in [1.54, 1.807) is 13.2 Å². The number of halogens is 2. The fourth-order valence-corrected chi connectivity index (χ4v) is 7.27. The number of aromatic nitrogens is 1. The molecule has 0 radical (unpaired) electrons. The summed E-state index contributed by atoms with van der Waals surface area (Å²) in [6, 6.07) is 4.82. The van der Waals surface area contributed by atoms with E-state index in [4.69, 9.17) is 21.3 Å². The molecular formula is C27H25ClFN5O5S. The van der Waals surface area contributed by atoms with Crippen LogP contribution in [0.1, 0.15) is 59.5 Å². The lowest BCUT2D eigenvalue weighted by Gasteiger charge is -2.29. The molecule has 1 aliphatic carbocycles. The molecule has 1 saturated heterocycles. The van der Waals surface area contributed by atoms with Gasteiger partial charge in [0.2, 0.25) is 11.8 Å². The fraction of sp³-hybridized carbons (Fsp3) is 0.370. The molecule has 2 fully saturated rings. The molecule has 2 aliphatic heterocycles. The molecule has 5 amide bonds. The molecule has 1 atom stereocenters. The SMILES string of the molecule is COc1cc(Cl)cc2sc(C3(NC(=O)Nc4ccc5c(c4F)CN(C4CCC(=O)NC4=O)C5=O)CCCC3)nc12. The van der Waals surface area contributed by atoms with Crippen LogP contribution in [0, 0.1) is 5.82 Å². The highest BCUT2D eigenvalue weighted by Gasteiger charge is 2.42. The minimum atomic E-state index is -0.860. The minimum absolute atomic E-state index is 0.0833. The Morgan fingerprint density at radius 1 is 1.25 bits per heavy atom. The molecule has 10 nitrogen and oxygen atoms in total. The molecule has 0 bridgehead atoms. The number of hydrogen-bond acceptors (Lipinski definition) is 7. The number of carbonyl (C=O) groups excluding carboxylic acids is 4. The van der Waals surface area contributed by atoms with Gasteiger partial charge in [-0.1, -0.05) is 24.4 Å². The molecule has 3 aromatic rings. The number of ether oxygens (including phenoxy) is 1. The number of piperidine rings is 1. The van der Waals surface area contributed by atoms with E-state index < -0.39 is 41.2 Å². The van der Waals surface area contributed by atoms with Gasteiger partial charge < -0.3 is 20.3 Å². The lowest BCUT2D eigenvalue weighted by molar-refractivity contribution is -0.136. The van der Waals surface area contributed by atoms with Crippen molar-refractivity contribution < 1.29 is 28.3 Å². The van der Waals surface area contributed by atoms with Gasteiger partial charge in [0.25, 0.3) is 5.91 Å². The van der Waals surface area contributed by atoms with Crippen molar-refractivity contribution in [3.8, 4) is 5.75 Å². The summed E-state index contributed by atoms with van der Waals surface area (Å²) in [5.41, 5.74) is 0.0629. The van der Waals surface area contributed by atoms with Crippen molar-refractivity contribution in [3.05, 3.63) is 51.2 Å². The van der Waals surface area contributed by atoms with Gasteiger partial charge >= 0.3 is 6.03 Å². The van der Waals surface area contributed by atoms with Crippen LogP contribution in [-0.2, 0) is 21.7 Å². The number of carbonyl (C=O) groups is 4. The maximum absolute atomic E-state index is 15.6. The summed E-state index contributed by atoms with van der Waals surface area (Å²) >= 11 is 7.67. The number of methoxy groups -OCH3 is 1. The zero-order valence-electron chi connectivity index (χ0n) is 21.4. The molecule has 3 heterocycles. The van der Waals surface area contributed by atoms with Crippen molar-refractivity contribution >= 4 is 62.6 Å². The molecule has 1 unspecified atom stereocenters. The van der Waals surface area contributed by atoms with Gasteiger partial charge in [-0.3, -0.25) is 19.7 Å².